The van der Waals surface area contributed by atoms with Crippen LogP contribution in [0, 0.1) is 12.3 Å². The Balaban J connectivity index is 2.27. The maximum atomic E-state index is 5.60. The Kier molecular flexibility index (Phi) is 4.59. The van der Waals surface area contributed by atoms with Crippen LogP contribution in [-0.4, -0.2) is 19.0 Å². The van der Waals surface area contributed by atoms with E-state index in [0.717, 1.165) is 19.4 Å². The molecule has 1 aliphatic heterocycles. The molecular formula is C11H16O2. The summed E-state index contributed by atoms with van der Waals surface area (Å²) in [7, 11) is 0. The molecular weight excluding hydrogens is 164 g/mol. The van der Waals surface area contributed by atoms with Crippen molar-refractivity contribution >= 4 is 0 Å². The first kappa shape index (κ1) is 10.3. The average molecular weight is 180 g/mol. The summed E-state index contributed by atoms with van der Waals surface area (Å²) in [6.07, 6.45) is 10.6. The van der Waals surface area contributed by atoms with Gasteiger partial charge in [-0.3, -0.25) is 0 Å². The second kappa shape index (κ2) is 5.80. The Labute approximate surface area is 79.9 Å². The van der Waals surface area contributed by atoms with E-state index in [1.165, 1.54) is 6.42 Å². The minimum Gasteiger partial charge on any atom is -0.353 e. The quantitative estimate of drug-likeness (QED) is 0.487. The predicted octanol–water partition coefficient (Wildman–Crippen LogP) is 2.11. The molecule has 0 amide bonds. The van der Waals surface area contributed by atoms with Crippen LogP contribution in [0.4, 0.5) is 0 Å². The molecule has 0 aromatic carbocycles. The van der Waals surface area contributed by atoms with Gasteiger partial charge in [-0.2, -0.15) is 0 Å². The van der Waals surface area contributed by atoms with Crippen LogP contribution in [-0.2, 0) is 9.47 Å². The van der Waals surface area contributed by atoms with Crippen molar-refractivity contribution in [3.05, 3.63) is 12.7 Å². The molecule has 2 nitrogen and oxygen atoms in total. The van der Waals surface area contributed by atoms with Crippen molar-refractivity contribution in [3.8, 4) is 12.3 Å². The second-order valence-corrected chi connectivity index (χ2v) is 3.11. The van der Waals surface area contributed by atoms with Gasteiger partial charge in [-0.15, -0.1) is 18.9 Å². The molecule has 1 heterocycles. The summed E-state index contributed by atoms with van der Waals surface area (Å²) in [6, 6.07) is 0. The molecule has 1 saturated heterocycles. The third kappa shape index (κ3) is 3.63. The number of hydrogen-bond donors (Lipinski definition) is 0. The summed E-state index contributed by atoms with van der Waals surface area (Å²) < 4.78 is 11.0. The maximum absolute atomic E-state index is 5.60. The second-order valence-electron chi connectivity index (χ2n) is 3.11. The van der Waals surface area contributed by atoms with Crippen LogP contribution in [0.3, 0.4) is 0 Å². The van der Waals surface area contributed by atoms with Crippen molar-refractivity contribution in [2.24, 2.45) is 0 Å². The lowest BCUT2D eigenvalue weighted by Crippen LogP contribution is -2.26. The Hall–Kier alpha value is -0.780. The van der Waals surface area contributed by atoms with Crippen LogP contribution in [0.15, 0.2) is 12.7 Å². The molecule has 0 aromatic rings. The van der Waals surface area contributed by atoms with E-state index in [2.05, 4.69) is 12.5 Å². The SMILES string of the molecule is C#CCC(C=C)OC1CCCCO1. The number of hydrogen-bond acceptors (Lipinski definition) is 2. The zero-order chi connectivity index (χ0) is 9.52. The molecule has 2 atom stereocenters. The smallest absolute Gasteiger partial charge is 0.158 e. The van der Waals surface area contributed by atoms with E-state index >= 15 is 0 Å². The molecule has 1 fully saturated rings. The summed E-state index contributed by atoms with van der Waals surface area (Å²) in [5.74, 6) is 2.56. The lowest BCUT2D eigenvalue weighted by Gasteiger charge is -2.25. The zero-order valence-electron chi connectivity index (χ0n) is 7.87. The van der Waals surface area contributed by atoms with Crippen LogP contribution >= 0.6 is 0 Å². The van der Waals surface area contributed by atoms with E-state index in [4.69, 9.17) is 15.9 Å². The van der Waals surface area contributed by atoms with E-state index < -0.39 is 0 Å². The minimum absolute atomic E-state index is 0.0619. The van der Waals surface area contributed by atoms with E-state index in [1.54, 1.807) is 6.08 Å². The van der Waals surface area contributed by atoms with Crippen molar-refractivity contribution in [1.82, 2.24) is 0 Å². The topological polar surface area (TPSA) is 18.5 Å². The minimum atomic E-state index is -0.0786. The molecule has 0 spiro atoms. The third-order valence-corrected chi connectivity index (χ3v) is 2.05. The Bertz CT molecular complexity index is 187. The van der Waals surface area contributed by atoms with Gasteiger partial charge in [-0.1, -0.05) is 6.08 Å². The normalized spacial score (nSPS) is 24.7. The average Bonchev–Trinajstić information content (AvgIpc) is 2.19. The van der Waals surface area contributed by atoms with E-state index in [-0.39, 0.29) is 12.4 Å². The van der Waals surface area contributed by atoms with Crippen molar-refractivity contribution in [2.75, 3.05) is 6.61 Å². The number of ether oxygens (including phenoxy) is 2. The lowest BCUT2D eigenvalue weighted by molar-refractivity contribution is -0.177. The summed E-state index contributed by atoms with van der Waals surface area (Å²) in [4.78, 5) is 0. The van der Waals surface area contributed by atoms with Gasteiger partial charge >= 0.3 is 0 Å². The number of terminal acetylenes is 1. The summed E-state index contributed by atoms with van der Waals surface area (Å²) in [6.45, 7) is 4.47. The van der Waals surface area contributed by atoms with Crippen LogP contribution < -0.4 is 0 Å². The predicted molar refractivity (Wildman–Crippen MR) is 52.1 cm³/mol. The first-order valence-corrected chi connectivity index (χ1v) is 4.70. The van der Waals surface area contributed by atoms with Gasteiger partial charge in [0.05, 0.1) is 6.10 Å². The van der Waals surface area contributed by atoms with Gasteiger partial charge in [0.2, 0.25) is 0 Å². The van der Waals surface area contributed by atoms with Gasteiger partial charge in [0, 0.05) is 13.0 Å². The molecule has 0 bridgehead atoms. The van der Waals surface area contributed by atoms with Crippen molar-refractivity contribution in [3.63, 3.8) is 0 Å². The Morgan fingerprint density at radius 2 is 2.54 bits per heavy atom. The van der Waals surface area contributed by atoms with Gasteiger partial charge in [-0.25, -0.2) is 0 Å². The molecule has 0 radical (unpaired) electrons. The molecule has 0 N–H and O–H groups in total. The standard InChI is InChI=1S/C11H16O2/c1-3-7-10(4-2)13-11-8-5-6-9-12-11/h1,4,10-11H,2,5-9H2. The molecule has 72 valence electrons. The van der Waals surface area contributed by atoms with Crippen LogP contribution in [0.2, 0.25) is 0 Å². The number of rotatable bonds is 4. The van der Waals surface area contributed by atoms with Crippen molar-refractivity contribution in [1.29, 1.82) is 0 Å². The molecule has 13 heavy (non-hydrogen) atoms. The van der Waals surface area contributed by atoms with Crippen LogP contribution in [0.25, 0.3) is 0 Å². The molecule has 0 aromatic heterocycles. The van der Waals surface area contributed by atoms with Gasteiger partial charge < -0.3 is 9.47 Å². The van der Waals surface area contributed by atoms with Crippen LogP contribution in [0.1, 0.15) is 25.7 Å². The molecule has 1 aliphatic rings. The molecule has 1 rings (SSSR count). The first-order valence-electron chi connectivity index (χ1n) is 4.70. The van der Waals surface area contributed by atoms with Gasteiger partial charge in [0.25, 0.3) is 0 Å². The first-order chi connectivity index (χ1) is 6.36. The highest BCUT2D eigenvalue weighted by molar-refractivity contribution is 4.94. The Morgan fingerprint density at radius 1 is 1.69 bits per heavy atom. The molecule has 2 heteroatoms. The highest BCUT2D eigenvalue weighted by Gasteiger charge is 2.17. The zero-order valence-corrected chi connectivity index (χ0v) is 7.87. The van der Waals surface area contributed by atoms with Crippen molar-refractivity contribution in [2.45, 2.75) is 38.1 Å². The maximum Gasteiger partial charge on any atom is 0.158 e. The summed E-state index contributed by atoms with van der Waals surface area (Å²) in [5.41, 5.74) is 0. The highest BCUT2D eigenvalue weighted by Crippen LogP contribution is 2.16. The fourth-order valence-corrected chi connectivity index (χ4v) is 1.32. The van der Waals surface area contributed by atoms with Gasteiger partial charge in [0.15, 0.2) is 6.29 Å². The van der Waals surface area contributed by atoms with Crippen LogP contribution in [0.5, 0.6) is 0 Å². The van der Waals surface area contributed by atoms with E-state index in [9.17, 15) is 0 Å². The molecule has 0 saturated carbocycles. The molecule has 0 aliphatic carbocycles. The Morgan fingerprint density at radius 3 is 3.08 bits per heavy atom. The molecule has 2 unspecified atom stereocenters. The van der Waals surface area contributed by atoms with Gasteiger partial charge in [-0.05, 0) is 19.3 Å². The monoisotopic (exact) mass is 180 g/mol. The van der Waals surface area contributed by atoms with Crippen molar-refractivity contribution < 1.29 is 9.47 Å². The third-order valence-electron chi connectivity index (χ3n) is 2.05. The van der Waals surface area contributed by atoms with E-state index in [1.807, 2.05) is 0 Å². The van der Waals surface area contributed by atoms with E-state index in [0.29, 0.717) is 6.42 Å². The summed E-state index contributed by atoms with van der Waals surface area (Å²) in [5, 5.41) is 0. The fourth-order valence-electron chi connectivity index (χ4n) is 1.32. The summed E-state index contributed by atoms with van der Waals surface area (Å²) >= 11 is 0. The largest absolute Gasteiger partial charge is 0.353 e. The fraction of sp³-hybridized carbons (Fsp3) is 0.636. The van der Waals surface area contributed by atoms with Gasteiger partial charge in [0.1, 0.15) is 0 Å². The lowest BCUT2D eigenvalue weighted by atomic mass is 10.2. The highest BCUT2D eigenvalue weighted by atomic mass is 16.7.